The van der Waals surface area contributed by atoms with Crippen LogP contribution in [0.25, 0.3) is 0 Å². The second-order valence-corrected chi connectivity index (χ2v) is 10.0. The Bertz CT molecular complexity index is 678. The number of pyridine rings is 1. The predicted molar refractivity (Wildman–Crippen MR) is 94.8 cm³/mol. The number of aromatic nitrogens is 1. The average molecular weight is 353 g/mol. The van der Waals surface area contributed by atoms with Gasteiger partial charge in [0.15, 0.2) is 14.9 Å². The van der Waals surface area contributed by atoms with E-state index < -0.39 is 14.6 Å². The molecule has 0 spiro atoms. The summed E-state index contributed by atoms with van der Waals surface area (Å²) in [5, 5.41) is 2.99. The van der Waals surface area contributed by atoms with E-state index in [1.165, 1.54) is 6.92 Å². The highest BCUT2D eigenvalue weighted by Gasteiger charge is 2.32. The fourth-order valence-electron chi connectivity index (χ4n) is 2.79. The molecule has 1 fully saturated rings. The van der Waals surface area contributed by atoms with Gasteiger partial charge in [-0.3, -0.25) is 4.79 Å². The van der Waals surface area contributed by atoms with Crippen molar-refractivity contribution in [1.29, 1.82) is 0 Å². The minimum Gasteiger partial charge on any atom is -0.370 e. The Balaban J connectivity index is 2.09. The zero-order valence-corrected chi connectivity index (χ0v) is 15.7. The zero-order valence-electron chi connectivity index (χ0n) is 14.9. The number of amides is 1. The summed E-state index contributed by atoms with van der Waals surface area (Å²) in [5.74, 6) is 0.395. The lowest BCUT2D eigenvalue weighted by Crippen LogP contribution is -2.40. The summed E-state index contributed by atoms with van der Waals surface area (Å²) in [6.45, 7) is 8.99. The second-order valence-electron chi connectivity index (χ2n) is 7.36. The molecule has 0 aliphatic carbocycles. The maximum absolute atomic E-state index is 12.4. The molecule has 0 radical (unpaired) electrons. The van der Waals surface area contributed by atoms with Crippen molar-refractivity contribution in [2.45, 2.75) is 50.3 Å². The largest absolute Gasteiger partial charge is 0.370 e. The van der Waals surface area contributed by atoms with Crippen molar-refractivity contribution in [3.8, 4) is 0 Å². The summed E-state index contributed by atoms with van der Waals surface area (Å²) in [6.07, 6.45) is 3.77. The van der Waals surface area contributed by atoms with Gasteiger partial charge in [0.25, 0.3) is 0 Å². The monoisotopic (exact) mass is 353 g/mol. The standard InChI is InChI=1S/C17H27N3O3S/c1-13(21)18-10-14-6-5-9-20(12-14)15-7-8-16(19-11-15)24(22,23)17(2,3)4/h7-8,11,14H,5-6,9-10,12H2,1-4H3,(H,18,21). The van der Waals surface area contributed by atoms with Crippen LogP contribution in [0.1, 0.15) is 40.5 Å². The van der Waals surface area contributed by atoms with Crippen molar-refractivity contribution in [2.75, 3.05) is 24.5 Å². The number of sulfone groups is 1. The number of piperidine rings is 1. The summed E-state index contributed by atoms with van der Waals surface area (Å²) < 4.78 is 24.0. The maximum Gasteiger partial charge on any atom is 0.216 e. The van der Waals surface area contributed by atoms with Gasteiger partial charge in [-0.05, 0) is 51.7 Å². The molecular weight excluding hydrogens is 326 g/mol. The van der Waals surface area contributed by atoms with Gasteiger partial charge in [0.2, 0.25) is 5.91 Å². The number of rotatable bonds is 4. The van der Waals surface area contributed by atoms with Crippen LogP contribution in [-0.2, 0) is 14.6 Å². The number of carbonyl (C=O) groups excluding carboxylic acids is 1. The zero-order chi connectivity index (χ0) is 18.0. The van der Waals surface area contributed by atoms with Crippen LogP contribution in [0.4, 0.5) is 5.69 Å². The third-order valence-corrected chi connectivity index (χ3v) is 6.73. The van der Waals surface area contributed by atoms with E-state index in [-0.39, 0.29) is 10.9 Å². The smallest absolute Gasteiger partial charge is 0.216 e. The van der Waals surface area contributed by atoms with Crippen molar-refractivity contribution >= 4 is 21.4 Å². The van der Waals surface area contributed by atoms with Gasteiger partial charge >= 0.3 is 0 Å². The van der Waals surface area contributed by atoms with E-state index in [2.05, 4.69) is 15.2 Å². The topological polar surface area (TPSA) is 79.4 Å². The molecule has 1 aromatic heterocycles. The second kappa shape index (κ2) is 7.09. The number of hydrogen-bond acceptors (Lipinski definition) is 5. The lowest BCUT2D eigenvalue weighted by atomic mass is 9.97. The first-order valence-corrected chi connectivity index (χ1v) is 9.79. The molecule has 1 N–H and O–H groups in total. The van der Waals surface area contributed by atoms with Crippen molar-refractivity contribution in [3.05, 3.63) is 18.3 Å². The number of anilines is 1. The molecule has 0 saturated carbocycles. The van der Waals surface area contributed by atoms with Crippen LogP contribution in [0.3, 0.4) is 0 Å². The van der Waals surface area contributed by atoms with Gasteiger partial charge < -0.3 is 10.2 Å². The van der Waals surface area contributed by atoms with Gasteiger partial charge in [0.05, 0.1) is 16.6 Å². The van der Waals surface area contributed by atoms with Crippen LogP contribution in [-0.4, -0.2) is 43.7 Å². The van der Waals surface area contributed by atoms with E-state index in [0.29, 0.717) is 12.5 Å². The molecule has 134 valence electrons. The SMILES string of the molecule is CC(=O)NCC1CCCN(c2ccc(S(=O)(=O)C(C)(C)C)nc2)C1. The number of carbonyl (C=O) groups is 1. The van der Waals surface area contributed by atoms with Crippen LogP contribution < -0.4 is 10.2 Å². The van der Waals surface area contributed by atoms with Gasteiger partial charge in [-0.15, -0.1) is 0 Å². The van der Waals surface area contributed by atoms with Gasteiger partial charge in [-0.25, -0.2) is 13.4 Å². The molecule has 1 aliphatic heterocycles. The van der Waals surface area contributed by atoms with E-state index in [0.717, 1.165) is 31.6 Å². The van der Waals surface area contributed by atoms with Crippen LogP contribution in [0.15, 0.2) is 23.4 Å². The molecule has 1 aromatic rings. The van der Waals surface area contributed by atoms with Gasteiger partial charge in [-0.2, -0.15) is 0 Å². The third-order valence-electron chi connectivity index (χ3n) is 4.33. The van der Waals surface area contributed by atoms with Crippen LogP contribution in [0.2, 0.25) is 0 Å². The first-order valence-electron chi connectivity index (χ1n) is 8.31. The van der Waals surface area contributed by atoms with Crippen LogP contribution in [0, 0.1) is 5.92 Å². The number of hydrogen-bond donors (Lipinski definition) is 1. The highest BCUT2D eigenvalue weighted by molar-refractivity contribution is 7.92. The molecule has 2 rings (SSSR count). The summed E-state index contributed by atoms with van der Waals surface area (Å²) in [7, 11) is -3.43. The molecule has 1 saturated heterocycles. The summed E-state index contributed by atoms with van der Waals surface area (Å²) in [4.78, 5) is 17.5. The molecule has 6 nitrogen and oxygen atoms in total. The summed E-state index contributed by atoms with van der Waals surface area (Å²) in [6, 6.07) is 3.42. The van der Waals surface area contributed by atoms with Crippen LogP contribution in [0.5, 0.6) is 0 Å². The fourth-order valence-corrected chi connectivity index (χ4v) is 3.85. The maximum atomic E-state index is 12.4. The highest BCUT2D eigenvalue weighted by atomic mass is 32.2. The highest BCUT2D eigenvalue weighted by Crippen LogP contribution is 2.26. The van der Waals surface area contributed by atoms with E-state index in [1.54, 1.807) is 33.0 Å². The normalized spacial score (nSPS) is 19.2. The Kier molecular flexibility index (Phi) is 5.52. The van der Waals surface area contributed by atoms with Crippen molar-refractivity contribution in [2.24, 2.45) is 5.92 Å². The molecule has 1 unspecified atom stereocenters. The lowest BCUT2D eigenvalue weighted by molar-refractivity contribution is -0.119. The molecule has 1 aliphatic rings. The lowest BCUT2D eigenvalue weighted by Gasteiger charge is -2.34. The first kappa shape index (κ1) is 18.7. The van der Waals surface area contributed by atoms with Gasteiger partial charge in [0.1, 0.15) is 0 Å². The molecular formula is C17H27N3O3S. The molecule has 2 heterocycles. The number of nitrogens with zero attached hydrogens (tertiary/aromatic N) is 2. The fraction of sp³-hybridized carbons (Fsp3) is 0.647. The van der Waals surface area contributed by atoms with Crippen LogP contribution >= 0.6 is 0 Å². The van der Waals surface area contributed by atoms with Gasteiger partial charge in [-0.1, -0.05) is 0 Å². The summed E-state index contributed by atoms with van der Waals surface area (Å²) >= 11 is 0. The average Bonchev–Trinajstić information content (AvgIpc) is 2.52. The van der Waals surface area contributed by atoms with Crippen molar-refractivity contribution in [3.63, 3.8) is 0 Å². The first-order chi connectivity index (χ1) is 11.1. The minimum atomic E-state index is -3.43. The summed E-state index contributed by atoms with van der Waals surface area (Å²) in [5.41, 5.74) is 0.926. The molecule has 0 bridgehead atoms. The Morgan fingerprint density at radius 1 is 1.38 bits per heavy atom. The van der Waals surface area contributed by atoms with Gasteiger partial charge in [0, 0.05) is 26.6 Å². The molecule has 1 amide bonds. The Morgan fingerprint density at radius 2 is 2.08 bits per heavy atom. The molecule has 24 heavy (non-hydrogen) atoms. The third kappa shape index (κ3) is 4.26. The quantitative estimate of drug-likeness (QED) is 0.896. The van der Waals surface area contributed by atoms with Crippen molar-refractivity contribution in [1.82, 2.24) is 10.3 Å². The van der Waals surface area contributed by atoms with E-state index in [4.69, 9.17) is 0 Å². The Hall–Kier alpha value is -1.63. The van der Waals surface area contributed by atoms with Crippen molar-refractivity contribution < 1.29 is 13.2 Å². The van der Waals surface area contributed by atoms with E-state index in [1.807, 2.05) is 6.07 Å². The van der Waals surface area contributed by atoms with E-state index in [9.17, 15) is 13.2 Å². The molecule has 0 aromatic carbocycles. The molecule has 1 atom stereocenters. The predicted octanol–water partition coefficient (Wildman–Crippen LogP) is 2.01. The Labute approximate surface area is 144 Å². The number of nitrogens with one attached hydrogen (secondary N) is 1. The minimum absolute atomic E-state index is 0.00877. The Morgan fingerprint density at radius 3 is 2.62 bits per heavy atom. The molecule has 7 heteroatoms. The van der Waals surface area contributed by atoms with E-state index >= 15 is 0 Å².